The van der Waals surface area contributed by atoms with Crippen LogP contribution in [0.3, 0.4) is 0 Å². The standard InChI is InChI=1S/C19H19FN4O2S2/c1-12(13-7-9-14(20)10-8-13)21-17(25)11-27-19-24-23-18(28-19)22-15-5-3-4-6-16(15)26-2/h3-10,12H,11H2,1-2H3,(H,21,25)(H,22,23)/t12-/m1/s1. The van der Waals surface area contributed by atoms with Gasteiger partial charge >= 0.3 is 0 Å². The van der Waals surface area contributed by atoms with E-state index in [1.165, 1.54) is 35.2 Å². The van der Waals surface area contributed by atoms with E-state index in [-0.39, 0.29) is 23.5 Å². The van der Waals surface area contributed by atoms with Gasteiger partial charge in [0.2, 0.25) is 11.0 Å². The lowest BCUT2D eigenvalue weighted by molar-refractivity contribution is -0.119. The molecule has 1 atom stereocenters. The van der Waals surface area contributed by atoms with Gasteiger partial charge in [-0.1, -0.05) is 47.4 Å². The van der Waals surface area contributed by atoms with Gasteiger partial charge in [0.05, 0.1) is 24.6 Å². The van der Waals surface area contributed by atoms with E-state index in [1.54, 1.807) is 19.2 Å². The first-order valence-electron chi connectivity index (χ1n) is 8.46. The second kappa shape index (κ2) is 9.52. The summed E-state index contributed by atoms with van der Waals surface area (Å²) in [6.45, 7) is 1.86. The number of aromatic nitrogens is 2. The molecule has 2 aromatic carbocycles. The molecule has 2 N–H and O–H groups in total. The maximum absolute atomic E-state index is 13.0. The Bertz CT molecular complexity index is 934. The van der Waals surface area contributed by atoms with E-state index in [1.807, 2.05) is 31.2 Å². The van der Waals surface area contributed by atoms with Crippen molar-refractivity contribution in [3.05, 3.63) is 59.9 Å². The number of carbonyl (C=O) groups excluding carboxylic acids is 1. The second-order valence-electron chi connectivity index (χ2n) is 5.83. The molecule has 0 aliphatic carbocycles. The lowest BCUT2D eigenvalue weighted by Crippen LogP contribution is -2.28. The lowest BCUT2D eigenvalue weighted by Gasteiger charge is -2.13. The molecule has 0 radical (unpaired) electrons. The van der Waals surface area contributed by atoms with Gasteiger partial charge in [-0.3, -0.25) is 4.79 Å². The Morgan fingerprint density at radius 1 is 1.21 bits per heavy atom. The summed E-state index contributed by atoms with van der Waals surface area (Å²) in [4.78, 5) is 12.2. The number of carbonyl (C=O) groups is 1. The first kappa shape index (κ1) is 20.1. The molecule has 0 spiro atoms. The number of rotatable bonds is 8. The lowest BCUT2D eigenvalue weighted by atomic mass is 10.1. The summed E-state index contributed by atoms with van der Waals surface area (Å²) in [5, 5.41) is 14.9. The fourth-order valence-corrected chi connectivity index (χ4v) is 4.00. The number of benzene rings is 2. The van der Waals surface area contributed by atoms with Crippen molar-refractivity contribution in [3.63, 3.8) is 0 Å². The van der Waals surface area contributed by atoms with Gasteiger partial charge in [0, 0.05) is 0 Å². The monoisotopic (exact) mass is 418 g/mol. The fraction of sp³-hybridized carbons (Fsp3) is 0.211. The van der Waals surface area contributed by atoms with E-state index in [0.717, 1.165) is 11.3 Å². The summed E-state index contributed by atoms with van der Waals surface area (Å²) in [6.07, 6.45) is 0. The number of halogens is 1. The van der Waals surface area contributed by atoms with Crippen LogP contribution in [0.1, 0.15) is 18.5 Å². The van der Waals surface area contributed by atoms with E-state index in [4.69, 9.17) is 4.74 Å². The molecule has 3 aromatic rings. The zero-order chi connectivity index (χ0) is 19.9. The van der Waals surface area contributed by atoms with Crippen LogP contribution in [0.4, 0.5) is 15.2 Å². The van der Waals surface area contributed by atoms with Crippen LogP contribution in [-0.2, 0) is 4.79 Å². The summed E-state index contributed by atoms with van der Waals surface area (Å²) in [5.41, 5.74) is 1.64. The first-order valence-corrected chi connectivity index (χ1v) is 10.3. The summed E-state index contributed by atoms with van der Waals surface area (Å²) in [5.74, 6) is 0.499. The number of hydrogen-bond acceptors (Lipinski definition) is 7. The van der Waals surface area contributed by atoms with E-state index >= 15 is 0 Å². The molecule has 0 saturated heterocycles. The minimum absolute atomic E-state index is 0.128. The molecular weight excluding hydrogens is 399 g/mol. The maximum Gasteiger partial charge on any atom is 0.230 e. The van der Waals surface area contributed by atoms with E-state index in [0.29, 0.717) is 15.2 Å². The quantitative estimate of drug-likeness (QED) is 0.528. The van der Waals surface area contributed by atoms with Crippen LogP contribution < -0.4 is 15.4 Å². The van der Waals surface area contributed by atoms with Gasteiger partial charge in [0.15, 0.2) is 4.34 Å². The zero-order valence-electron chi connectivity index (χ0n) is 15.3. The third-order valence-corrected chi connectivity index (χ3v) is 5.80. The van der Waals surface area contributed by atoms with E-state index in [2.05, 4.69) is 20.8 Å². The van der Waals surface area contributed by atoms with Crippen LogP contribution in [-0.4, -0.2) is 29.0 Å². The number of thioether (sulfide) groups is 1. The summed E-state index contributed by atoms with van der Waals surface area (Å²) in [7, 11) is 1.60. The number of methoxy groups -OCH3 is 1. The third kappa shape index (κ3) is 5.43. The maximum atomic E-state index is 13.0. The molecule has 3 rings (SSSR count). The van der Waals surface area contributed by atoms with Crippen molar-refractivity contribution < 1.29 is 13.9 Å². The Balaban J connectivity index is 1.51. The zero-order valence-corrected chi connectivity index (χ0v) is 16.9. The normalized spacial score (nSPS) is 11.7. The Morgan fingerprint density at radius 2 is 1.96 bits per heavy atom. The Morgan fingerprint density at radius 3 is 2.71 bits per heavy atom. The Kier molecular flexibility index (Phi) is 6.83. The number of ether oxygens (including phenoxy) is 1. The molecule has 1 aromatic heterocycles. The Labute approximate surface area is 170 Å². The molecule has 6 nitrogen and oxygen atoms in total. The van der Waals surface area contributed by atoms with Crippen molar-refractivity contribution in [3.8, 4) is 5.75 Å². The highest BCUT2D eigenvalue weighted by Crippen LogP contribution is 2.31. The van der Waals surface area contributed by atoms with Gasteiger partial charge < -0.3 is 15.4 Å². The molecule has 146 valence electrons. The van der Waals surface area contributed by atoms with Gasteiger partial charge in [-0.15, -0.1) is 10.2 Å². The highest BCUT2D eigenvalue weighted by atomic mass is 32.2. The predicted molar refractivity (Wildman–Crippen MR) is 110 cm³/mol. The van der Waals surface area contributed by atoms with Gasteiger partial charge in [0.25, 0.3) is 0 Å². The molecule has 1 heterocycles. The molecule has 9 heteroatoms. The van der Waals surface area contributed by atoms with Crippen LogP contribution in [0.5, 0.6) is 5.75 Å². The van der Waals surface area contributed by atoms with E-state index < -0.39 is 0 Å². The SMILES string of the molecule is COc1ccccc1Nc1nnc(SCC(=O)N[C@H](C)c2ccc(F)cc2)s1. The number of para-hydroxylation sites is 2. The third-order valence-electron chi connectivity index (χ3n) is 3.83. The smallest absolute Gasteiger partial charge is 0.230 e. The van der Waals surface area contributed by atoms with Crippen LogP contribution >= 0.6 is 23.1 Å². The number of nitrogens with zero attached hydrogens (tertiary/aromatic N) is 2. The molecule has 1 amide bonds. The van der Waals surface area contributed by atoms with Crippen LogP contribution in [0.2, 0.25) is 0 Å². The van der Waals surface area contributed by atoms with E-state index in [9.17, 15) is 9.18 Å². The molecule has 0 aliphatic rings. The molecule has 0 bridgehead atoms. The van der Waals surface area contributed by atoms with Crippen molar-refractivity contribution in [2.45, 2.75) is 17.3 Å². The van der Waals surface area contributed by atoms with Gasteiger partial charge in [-0.05, 0) is 36.8 Å². The van der Waals surface area contributed by atoms with Crippen LogP contribution in [0, 0.1) is 5.82 Å². The second-order valence-corrected chi connectivity index (χ2v) is 8.03. The molecule has 0 saturated carbocycles. The number of hydrogen-bond donors (Lipinski definition) is 2. The number of amides is 1. The first-order chi connectivity index (χ1) is 13.5. The van der Waals surface area contributed by atoms with Crippen molar-refractivity contribution >= 4 is 39.8 Å². The molecular formula is C19H19FN4O2S2. The van der Waals surface area contributed by atoms with Crippen LogP contribution in [0.25, 0.3) is 0 Å². The average molecular weight is 419 g/mol. The van der Waals surface area contributed by atoms with Gasteiger partial charge in [0.1, 0.15) is 11.6 Å². The summed E-state index contributed by atoms with van der Waals surface area (Å²) in [6, 6.07) is 13.4. The highest BCUT2D eigenvalue weighted by molar-refractivity contribution is 8.01. The number of nitrogens with one attached hydrogen (secondary N) is 2. The Hall–Kier alpha value is -2.65. The van der Waals surface area contributed by atoms with Crippen LogP contribution in [0.15, 0.2) is 52.9 Å². The van der Waals surface area contributed by atoms with Crippen molar-refractivity contribution in [2.75, 3.05) is 18.2 Å². The summed E-state index contributed by atoms with van der Waals surface area (Å²) < 4.78 is 19.0. The fourth-order valence-electron chi connectivity index (χ4n) is 2.43. The predicted octanol–water partition coefficient (Wildman–Crippen LogP) is 4.40. The average Bonchev–Trinajstić information content (AvgIpc) is 3.14. The van der Waals surface area contributed by atoms with Crippen molar-refractivity contribution in [1.29, 1.82) is 0 Å². The molecule has 0 aliphatic heterocycles. The molecule has 0 unspecified atom stereocenters. The van der Waals surface area contributed by atoms with Crippen molar-refractivity contribution in [2.24, 2.45) is 0 Å². The topological polar surface area (TPSA) is 76.1 Å². The molecule has 0 fully saturated rings. The van der Waals surface area contributed by atoms with Gasteiger partial charge in [-0.2, -0.15) is 0 Å². The van der Waals surface area contributed by atoms with Gasteiger partial charge in [-0.25, -0.2) is 4.39 Å². The molecule has 28 heavy (non-hydrogen) atoms. The highest BCUT2D eigenvalue weighted by Gasteiger charge is 2.13. The minimum Gasteiger partial charge on any atom is -0.495 e. The van der Waals surface area contributed by atoms with Crippen molar-refractivity contribution in [1.82, 2.24) is 15.5 Å². The summed E-state index contributed by atoms with van der Waals surface area (Å²) >= 11 is 2.67. The minimum atomic E-state index is -0.299. The number of anilines is 2. The largest absolute Gasteiger partial charge is 0.495 e.